The Hall–Kier alpha value is -1.36. The van der Waals surface area contributed by atoms with Crippen LogP contribution in [0.4, 0.5) is 0 Å². The molecule has 0 spiro atoms. The van der Waals surface area contributed by atoms with E-state index < -0.39 is 5.97 Å². The molecule has 0 bridgehead atoms. The van der Waals surface area contributed by atoms with Crippen LogP contribution in [0, 0.1) is 17.3 Å². The van der Waals surface area contributed by atoms with Gasteiger partial charge in [0.25, 0.3) is 0 Å². The lowest BCUT2D eigenvalue weighted by molar-refractivity contribution is -0.150. The van der Waals surface area contributed by atoms with Gasteiger partial charge in [-0.15, -0.1) is 0 Å². The fourth-order valence-electron chi connectivity index (χ4n) is 3.28. The number of hydrogen-bond donors (Lipinski definition) is 2. The minimum Gasteiger partial charge on any atom is -0.481 e. The molecular formula is C16H23NO3S. The smallest absolute Gasteiger partial charge is 0.307 e. The SMILES string of the molecule is CC1C(NC(=O)Cc2ccsc2)CCC(C(=O)O)C1(C)C. The molecule has 1 aliphatic rings. The zero-order valence-corrected chi connectivity index (χ0v) is 13.6. The normalized spacial score (nSPS) is 28.0. The Bertz CT molecular complexity index is 510. The van der Waals surface area contributed by atoms with E-state index in [9.17, 15) is 14.7 Å². The van der Waals surface area contributed by atoms with E-state index in [0.29, 0.717) is 12.8 Å². The number of carboxylic acid groups (broad SMARTS) is 1. The fraction of sp³-hybridized carbons (Fsp3) is 0.625. The molecule has 116 valence electrons. The summed E-state index contributed by atoms with van der Waals surface area (Å²) in [5.41, 5.74) is 0.716. The highest BCUT2D eigenvalue weighted by Gasteiger charge is 2.46. The number of aliphatic carboxylic acids is 1. The van der Waals surface area contributed by atoms with E-state index in [1.807, 2.05) is 37.6 Å². The van der Waals surface area contributed by atoms with Crippen molar-refractivity contribution in [2.45, 2.75) is 46.1 Å². The van der Waals surface area contributed by atoms with Crippen LogP contribution >= 0.6 is 11.3 Å². The van der Waals surface area contributed by atoms with E-state index in [0.717, 1.165) is 12.0 Å². The van der Waals surface area contributed by atoms with Gasteiger partial charge in [-0.3, -0.25) is 9.59 Å². The first kappa shape index (κ1) is 16.0. The topological polar surface area (TPSA) is 66.4 Å². The van der Waals surface area contributed by atoms with Crippen LogP contribution in [-0.2, 0) is 16.0 Å². The molecule has 1 saturated carbocycles. The zero-order valence-electron chi connectivity index (χ0n) is 12.8. The number of thiophene rings is 1. The molecule has 1 amide bonds. The van der Waals surface area contributed by atoms with Gasteiger partial charge in [0.05, 0.1) is 12.3 Å². The Morgan fingerprint density at radius 2 is 2.14 bits per heavy atom. The number of rotatable bonds is 4. The van der Waals surface area contributed by atoms with Crippen molar-refractivity contribution in [2.24, 2.45) is 17.3 Å². The highest BCUT2D eigenvalue weighted by Crippen LogP contribution is 2.45. The summed E-state index contributed by atoms with van der Waals surface area (Å²) in [7, 11) is 0. The van der Waals surface area contributed by atoms with Crippen molar-refractivity contribution in [3.8, 4) is 0 Å². The van der Waals surface area contributed by atoms with Crippen molar-refractivity contribution in [1.29, 1.82) is 0 Å². The van der Waals surface area contributed by atoms with E-state index in [1.54, 1.807) is 11.3 Å². The molecule has 1 heterocycles. The van der Waals surface area contributed by atoms with Crippen molar-refractivity contribution < 1.29 is 14.7 Å². The van der Waals surface area contributed by atoms with Crippen LogP contribution in [0.15, 0.2) is 16.8 Å². The van der Waals surface area contributed by atoms with E-state index >= 15 is 0 Å². The van der Waals surface area contributed by atoms with Gasteiger partial charge in [0, 0.05) is 6.04 Å². The van der Waals surface area contributed by atoms with Crippen LogP contribution in [0.2, 0.25) is 0 Å². The first-order valence-corrected chi connectivity index (χ1v) is 8.30. The van der Waals surface area contributed by atoms with Gasteiger partial charge in [-0.25, -0.2) is 0 Å². The molecule has 1 aromatic heterocycles. The molecular weight excluding hydrogens is 286 g/mol. The van der Waals surface area contributed by atoms with E-state index in [-0.39, 0.29) is 29.2 Å². The summed E-state index contributed by atoms with van der Waals surface area (Å²) < 4.78 is 0. The predicted octanol–water partition coefficient (Wildman–Crippen LogP) is 2.93. The van der Waals surface area contributed by atoms with Crippen LogP contribution in [0.1, 0.15) is 39.2 Å². The number of amides is 1. The average molecular weight is 309 g/mol. The number of carboxylic acids is 1. The predicted molar refractivity (Wildman–Crippen MR) is 83.3 cm³/mol. The minimum absolute atomic E-state index is 0.0230. The van der Waals surface area contributed by atoms with Crippen LogP contribution in [0.25, 0.3) is 0 Å². The third kappa shape index (κ3) is 3.46. The third-order valence-electron chi connectivity index (χ3n) is 5.03. The number of hydrogen-bond acceptors (Lipinski definition) is 3. The van der Waals surface area contributed by atoms with E-state index in [2.05, 4.69) is 5.32 Å². The zero-order chi connectivity index (χ0) is 15.6. The summed E-state index contributed by atoms with van der Waals surface area (Å²) in [5.74, 6) is -0.902. The lowest BCUT2D eigenvalue weighted by Crippen LogP contribution is -2.52. The van der Waals surface area contributed by atoms with Gasteiger partial charge in [0.1, 0.15) is 0 Å². The lowest BCUT2D eigenvalue weighted by Gasteiger charge is -2.46. The van der Waals surface area contributed by atoms with Crippen LogP contribution in [0.5, 0.6) is 0 Å². The molecule has 1 fully saturated rings. The number of nitrogens with one attached hydrogen (secondary N) is 1. The average Bonchev–Trinajstić information content (AvgIpc) is 2.87. The molecule has 3 atom stereocenters. The summed E-state index contributed by atoms with van der Waals surface area (Å²) in [6.45, 7) is 6.03. The molecule has 0 radical (unpaired) electrons. The lowest BCUT2D eigenvalue weighted by atomic mass is 9.61. The minimum atomic E-state index is -0.727. The number of carbonyl (C=O) groups is 2. The Balaban J connectivity index is 1.98. The molecule has 1 aliphatic carbocycles. The second-order valence-corrected chi connectivity index (χ2v) is 7.34. The van der Waals surface area contributed by atoms with Crippen molar-refractivity contribution in [3.63, 3.8) is 0 Å². The molecule has 2 N–H and O–H groups in total. The summed E-state index contributed by atoms with van der Waals surface area (Å²) >= 11 is 1.59. The summed E-state index contributed by atoms with van der Waals surface area (Å²) in [5, 5.41) is 16.4. The van der Waals surface area contributed by atoms with Gasteiger partial charge < -0.3 is 10.4 Å². The molecule has 0 aliphatic heterocycles. The molecule has 0 aromatic carbocycles. The van der Waals surface area contributed by atoms with Gasteiger partial charge in [-0.1, -0.05) is 20.8 Å². The first-order chi connectivity index (χ1) is 9.82. The van der Waals surface area contributed by atoms with Gasteiger partial charge in [0.2, 0.25) is 5.91 Å². The highest BCUT2D eigenvalue weighted by molar-refractivity contribution is 7.07. The largest absolute Gasteiger partial charge is 0.481 e. The Morgan fingerprint density at radius 3 is 2.71 bits per heavy atom. The second-order valence-electron chi connectivity index (χ2n) is 6.56. The van der Waals surface area contributed by atoms with Gasteiger partial charge >= 0.3 is 5.97 Å². The maximum absolute atomic E-state index is 12.1. The molecule has 5 heteroatoms. The molecule has 21 heavy (non-hydrogen) atoms. The van der Waals surface area contributed by atoms with Crippen molar-refractivity contribution in [2.75, 3.05) is 0 Å². The molecule has 0 saturated heterocycles. The molecule has 3 unspecified atom stereocenters. The van der Waals surface area contributed by atoms with Crippen molar-refractivity contribution in [3.05, 3.63) is 22.4 Å². The second kappa shape index (κ2) is 6.18. The van der Waals surface area contributed by atoms with Crippen molar-refractivity contribution in [1.82, 2.24) is 5.32 Å². The summed E-state index contributed by atoms with van der Waals surface area (Å²) in [4.78, 5) is 23.5. The summed E-state index contributed by atoms with van der Waals surface area (Å²) in [6.07, 6.45) is 1.75. The summed E-state index contributed by atoms with van der Waals surface area (Å²) in [6, 6.07) is 2.01. The highest BCUT2D eigenvalue weighted by atomic mass is 32.1. The molecule has 4 nitrogen and oxygen atoms in total. The Labute approximate surface area is 129 Å². The third-order valence-corrected chi connectivity index (χ3v) is 5.76. The quantitative estimate of drug-likeness (QED) is 0.898. The van der Waals surface area contributed by atoms with Gasteiger partial charge in [0.15, 0.2) is 0 Å². The van der Waals surface area contributed by atoms with E-state index in [1.165, 1.54) is 0 Å². The van der Waals surface area contributed by atoms with Crippen molar-refractivity contribution >= 4 is 23.2 Å². The Kier molecular flexibility index (Phi) is 4.71. The number of carbonyl (C=O) groups excluding carboxylic acids is 1. The first-order valence-electron chi connectivity index (χ1n) is 7.35. The van der Waals surface area contributed by atoms with Gasteiger partial charge in [-0.05, 0) is 46.6 Å². The van der Waals surface area contributed by atoms with Crippen LogP contribution < -0.4 is 5.32 Å². The van der Waals surface area contributed by atoms with E-state index in [4.69, 9.17) is 0 Å². The van der Waals surface area contributed by atoms with Gasteiger partial charge in [-0.2, -0.15) is 11.3 Å². The Morgan fingerprint density at radius 1 is 1.43 bits per heavy atom. The standard InChI is InChI=1S/C16H23NO3S/c1-10-13(5-4-12(15(19)20)16(10,2)3)17-14(18)8-11-6-7-21-9-11/h6-7,9-10,12-13H,4-5,8H2,1-3H3,(H,17,18)(H,19,20). The maximum Gasteiger partial charge on any atom is 0.307 e. The maximum atomic E-state index is 12.1. The van der Waals surface area contributed by atoms with Crippen LogP contribution in [-0.4, -0.2) is 23.0 Å². The molecule has 2 rings (SSSR count). The monoisotopic (exact) mass is 309 g/mol. The van der Waals surface area contributed by atoms with Crippen LogP contribution in [0.3, 0.4) is 0 Å². The fourth-order valence-corrected chi connectivity index (χ4v) is 3.95. The molecule has 1 aromatic rings.